The summed E-state index contributed by atoms with van der Waals surface area (Å²) < 4.78 is 0. The molecule has 6 heteroatoms. The van der Waals surface area contributed by atoms with E-state index in [0.717, 1.165) is 29.9 Å². The highest BCUT2D eigenvalue weighted by atomic mass is 16.2. The molecule has 1 N–H and O–H groups in total. The number of carbonyl (C=O) groups is 1. The normalized spacial score (nSPS) is 14.3. The number of hydrogen-bond donors (Lipinski definition) is 1. The van der Waals surface area contributed by atoms with Crippen LogP contribution in [0, 0.1) is 6.92 Å². The molecule has 0 unspecified atom stereocenters. The fourth-order valence-electron chi connectivity index (χ4n) is 2.08. The van der Waals surface area contributed by atoms with Gasteiger partial charge in [-0.3, -0.25) is 9.89 Å². The average Bonchev–Trinajstić information content (AvgIpc) is 3.23. The molecule has 1 amide bonds. The molecule has 6 nitrogen and oxygen atoms in total. The van der Waals surface area contributed by atoms with E-state index in [1.54, 1.807) is 30.5 Å². The van der Waals surface area contributed by atoms with E-state index in [2.05, 4.69) is 20.2 Å². The molecule has 3 rings (SSSR count). The smallest absolute Gasteiger partial charge is 0.257 e. The first-order valence-corrected chi connectivity index (χ1v) is 6.71. The third-order valence-electron chi connectivity index (χ3n) is 3.55. The SMILES string of the molecule is Cc1[nH]ncc1CN(C)C(=O)c1cnc(C2CC2)nc1. The number of nitrogens with zero attached hydrogens (tertiary/aromatic N) is 4. The van der Waals surface area contributed by atoms with Crippen molar-refractivity contribution >= 4 is 5.91 Å². The molecule has 0 radical (unpaired) electrons. The summed E-state index contributed by atoms with van der Waals surface area (Å²) in [7, 11) is 1.77. The largest absolute Gasteiger partial charge is 0.337 e. The summed E-state index contributed by atoms with van der Waals surface area (Å²) >= 11 is 0. The lowest BCUT2D eigenvalue weighted by Gasteiger charge is -2.16. The number of aryl methyl sites for hydroxylation is 1. The third kappa shape index (κ3) is 2.54. The number of aromatic nitrogens is 4. The van der Waals surface area contributed by atoms with Crippen LogP contribution in [0.15, 0.2) is 18.6 Å². The highest BCUT2D eigenvalue weighted by molar-refractivity contribution is 5.93. The van der Waals surface area contributed by atoms with Crippen LogP contribution in [0.4, 0.5) is 0 Å². The van der Waals surface area contributed by atoms with Gasteiger partial charge in [0.1, 0.15) is 5.82 Å². The molecule has 20 heavy (non-hydrogen) atoms. The van der Waals surface area contributed by atoms with E-state index in [1.807, 2.05) is 6.92 Å². The van der Waals surface area contributed by atoms with Crippen molar-refractivity contribution in [3.8, 4) is 0 Å². The summed E-state index contributed by atoms with van der Waals surface area (Å²) in [5, 5.41) is 6.82. The van der Waals surface area contributed by atoms with Crippen molar-refractivity contribution in [2.45, 2.75) is 32.2 Å². The highest BCUT2D eigenvalue weighted by Gasteiger charge is 2.26. The molecule has 1 aliphatic rings. The lowest BCUT2D eigenvalue weighted by molar-refractivity contribution is 0.0784. The molecular formula is C14H17N5O. The van der Waals surface area contributed by atoms with E-state index in [1.165, 1.54) is 0 Å². The summed E-state index contributed by atoms with van der Waals surface area (Å²) in [6.07, 6.45) is 7.31. The van der Waals surface area contributed by atoms with Gasteiger partial charge in [0.05, 0.1) is 11.8 Å². The summed E-state index contributed by atoms with van der Waals surface area (Å²) in [4.78, 5) is 22.5. The third-order valence-corrected chi connectivity index (χ3v) is 3.55. The molecule has 2 aromatic heterocycles. The quantitative estimate of drug-likeness (QED) is 0.917. The second-order valence-corrected chi connectivity index (χ2v) is 5.29. The molecule has 0 spiro atoms. The van der Waals surface area contributed by atoms with E-state index in [9.17, 15) is 4.79 Å². The number of H-pyrrole nitrogens is 1. The first-order chi connectivity index (χ1) is 9.65. The molecular weight excluding hydrogens is 254 g/mol. The number of hydrogen-bond acceptors (Lipinski definition) is 4. The molecule has 0 aromatic carbocycles. The molecule has 1 aliphatic carbocycles. The van der Waals surface area contributed by atoms with Crippen LogP contribution in [-0.4, -0.2) is 38.0 Å². The van der Waals surface area contributed by atoms with Crippen LogP contribution < -0.4 is 0 Å². The Balaban J connectivity index is 1.69. The van der Waals surface area contributed by atoms with Crippen LogP contribution in [0.25, 0.3) is 0 Å². The van der Waals surface area contributed by atoms with Crippen molar-refractivity contribution in [1.29, 1.82) is 0 Å². The maximum Gasteiger partial charge on any atom is 0.257 e. The zero-order chi connectivity index (χ0) is 14.1. The Morgan fingerprint density at radius 3 is 2.60 bits per heavy atom. The molecule has 2 aromatic rings. The van der Waals surface area contributed by atoms with Crippen LogP contribution >= 0.6 is 0 Å². The predicted molar refractivity (Wildman–Crippen MR) is 73.1 cm³/mol. The Kier molecular flexibility index (Phi) is 3.22. The Hall–Kier alpha value is -2.24. The van der Waals surface area contributed by atoms with Gasteiger partial charge in [-0.2, -0.15) is 5.10 Å². The zero-order valence-corrected chi connectivity index (χ0v) is 11.6. The van der Waals surface area contributed by atoms with Crippen LogP contribution in [0.2, 0.25) is 0 Å². The van der Waals surface area contributed by atoms with Crippen molar-refractivity contribution in [3.63, 3.8) is 0 Å². The van der Waals surface area contributed by atoms with Crippen LogP contribution in [0.1, 0.15) is 46.2 Å². The van der Waals surface area contributed by atoms with Gasteiger partial charge in [0.2, 0.25) is 0 Å². The van der Waals surface area contributed by atoms with Crippen molar-refractivity contribution < 1.29 is 4.79 Å². The van der Waals surface area contributed by atoms with Gasteiger partial charge in [0.15, 0.2) is 0 Å². The van der Waals surface area contributed by atoms with E-state index in [-0.39, 0.29) is 5.91 Å². The lowest BCUT2D eigenvalue weighted by Crippen LogP contribution is -2.26. The Bertz CT molecular complexity index is 615. The molecule has 1 fully saturated rings. The maximum absolute atomic E-state index is 12.3. The van der Waals surface area contributed by atoms with Crippen molar-refractivity contribution in [3.05, 3.63) is 41.2 Å². The number of carbonyl (C=O) groups excluding carboxylic acids is 1. The van der Waals surface area contributed by atoms with Gasteiger partial charge in [0, 0.05) is 43.2 Å². The average molecular weight is 271 g/mol. The van der Waals surface area contributed by atoms with E-state index in [4.69, 9.17) is 0 Å². The lowest BCUT2D eigenvalue weighted by atomic mass is 10.2. The van der Waals surface area contributed by atoms with Crippen LogP contribution in [0.3, 0.4) is 0 Å². The van der Waals surface area contributed by atoms with Crippen molar-refractivity contribution in [2.75, 3.05) is 7.05 Å². The molecule has 0 aliphatic heterocycles. The minimum Gasteiger partial charge on any atom is -0.337 e. The first-order valence-electron chi connectivity index (χ1n) is 6.71. The fraction of sp³-hybridized carbons (Fsp3) is 0.429. The Labute approximate surface area is 117 Å². The second-order valence-electron chi connectivity index (χ2n) is 5.29. The van der Waals surface area contributed by atoms with Crippen molar-refractivity contribution in [1.82, 2.24) is 25.1 Å². The van der Waals surface area contributed by atoms with Gasteiger partial charge in [-0.05, 0) is 19.8 Å². The first kappa shape index (κ1) is 12.8. The minimum atomic E-state index is -0.0760. The summed E-state index contributed by atoms with van der Waals surface area (Å²) in [5.41, 5.74) is 2.51. The van der Waals surface area contributed by atoms with Gasteiger partial charge in [-0.25, -0.2) is 9.97 Å². The van der Waals surface area contributed by atoms with Gasteiger partial charge >= 0.3 is 0 Å². The molecule has 1 saturated carbocycles. The molecule has 104 valence electrons. The second kappa shape index (κ2) is 5.03. The van der Waals surface area contributed by atoms with Gasteiger partial charge in [-0.15, -0.1) is 0 Å². The zero-order valence-electron chi connectivity index (χ0n) is 11.6. The number of amides is 1. The monoisotopic (exact) mass is 271 g/mol. The van der Waals surface area contributed by atoms with Gasteiger partial charge in [-0.1, -0.05) is 0 Å². The van der Waals surface area contributed by atoms with Crippen LogP contribution in [-0.2, 0) is 6.54 Å². The molecule has 0 saturated heterocycles. The summed E-state index contributed by atoms with van der Waals surface area (Å²) in [5.74, 6) is 1.29. The van der Waals surface area contributed by atoms with E-state index >= 15 is 0 Å². The maximum atomic E-state index is 12.3. The van der Waals surface area contributed by atoms with Gasteiger partial charge < -0.3 is 4.90 Å². The standard InChI is InChI=1S/C14H17N5O/c1-9-12(7-17-18-9)8-19(2)14(20)11-5-15-13(16-6-11)10-3-4-10/h5-7,10H,3-4,8H2,1-2H3,(H,17,18). The summed E-state index contributed by atoms with van der Waals surface area (Å²) in [6, 6.07) is 0. The summed E-state index contributed by atoms with van der Waals surface area (Å²) in [6.45, 7) is 2.46. The predicted octanol–water partition coefficient (Wildman–Crippen LogP) is 1.66. The number of nitrogens with one attached hydrogen (secondary N) is 1. The highest BCUT2D eigenvalue weighted by Crippen LogP contribution is 2.37. The number of rotatable bonds is 4. The Morgan fingerprint density at radius 2 is 2.05 bits per heavy atom. The molecule has 0 bridgehead atoms. The van der Waals surface area contributed by atoms with E-state index in [0.29, 0.717) is 18.0 Å². The molecule has 0 atom stereocenters. The van der Waals surface area contributed by atoms with E-state index < -0.39 is 0 Å². The number of aromatic amines is 1. The Morgan fingerprint density at radius 1 is 1.35 bits per heavy atom. The van der Waals surface area contributed by atoms with Crippen molar-refractivity contribution in [2.24, 2.45) is 0 Å². The topological polar surface area (TPSA) is 74.8 Å². The fourth-order valence-corrected chi connectivity index (χ4v) is 2.08. The minimum absolute atomic E-state index is 0.0760. The van der Waals surface area contributed by atoms with Crippen LogP contribution in [0.5, 0.6) is 0 Å². The molecule has 2 heterocycles. The van der Waals surface area contributed by atoms with Gasteiger partial charge in [0.25, 0.3) is 5.91 Å².